The predicted octanol–water partition coefficient (Wildman–Crippen LogP) is 2.10. The second-order valence-electron chi connectivity index (χ2n) is 5.15. The van der Waals surface area contributed by atoms with Crippen molar-refractivity contribution in [3.63, 3.8) is 0 Å². The van der Waals surface area contributed by atoms with Crippen LogP contribution in [0.1, 0.15) is 18.4 Å². The van der Waals surface area contributed by atoms with Gasteiger partial charge in [0.25, 0.3) is 0 Å². The van der Waals surface area contributed by atoms with Gasteiger partial charge < -0.3 is 10.4 Å². The maximum atomic E-state index is 12.4. The lowest BCUT2D eigenvalue weighted by molar-refractivity contribution is -0.137. The molecule has 1 heterocycles. The summed E-state index contributed by atoms with van der Waals surface area (Å²) in [7, 11) is 0. The molecular formula is C14H17F3N2O2. The Balaban J connectivity index is 1.87. The smallest absolute Gasteiger partial charge is 0.392 e. The van der Waals surface area contributed by atoms with Gasteiger partial charge in [-0.25, -0.2) is 0 Å². The molecule has 0 aliphatic carbocycles. The average Bonchev–Trinajstić information content (AvgIpc) is 2.38. The highest BCUT2D eigenvalue weighted by Crippen LogP contribution is 2.29. The van der Waals surface area contributed by atoms with Crippen LogP contribution in [0.4, 0.5) is 18.9 Å². The Labute approximate surface area is 120 Å². The first kappa shape index (κ1) is 15.8. The molecule has 1 fully saturated rings. The summed E-state index contributed by atoms with van der Waals surface area (Å²) >= 11 is 0. The number of hydrogen-bond donors (Lipinski definition) is 2. The van der Waals surface area contributed by atoms with Crippen molar-refractivity contribution in [1.82, 2.24) is 4.90 Å². The number of carbonyl (C=O) groups excluding carboxylic acids is 1. The van der Waals surface area contributed by atoms with Crippen molar-refractivity contribution in [3.05, 3.63) is 29.8 Å². The number of piperidine rings is 1. The minimum absolute atomic E-state index is 0.123. The van der Waals surface area contributed by atoms with E-state index in [1.807, 2.05) is 4.90 Å². The highest BCUT2D eigenvalue weighted by atomic mass is 19.4. The lowest BCUT2D eigenvalue weighted by Crippen LogP contribution is -2.42. The van der Waals surface area contributed by atoms with E-state index in [2.05, 4.69) is 5.32 Å². The molecule has 1 atom stereocenters. The summed E-state index contributed by atoms with van der Waals surface area (Å²) in [5, 5.41) is 12.1. The fraction of sp³-hybridized carbons (Fsp3) is 0.500. The third-order valence-electron chi connectivity index (χ3n) is 3.34. The zero-order valence-electron chi connectivity index (χ0n) is 11.4. The van der Waals surface area contributed by atoms with Gasteiger partial charge in [-0.15, -0.1) is 0 Å². The summed E-state index contributed by atoms with van der Waals surface area (Å²) < 4.78 is 37.2. The largest absolute Gasteiger partial charge is 0.416 e. The molecule has 0 radical (unpaired) electrons. The summed E-state index contributed by atoms with van der Waals surface area (Å²) in [5.74, 6) is -0.302. The van der Waals surface area contributed by atoms with Gasteiger partial charge >= 0.3 is 6.18 Å². The fourth-order valence-electron chi connectivity index (χ4n) is 2.32. The second-order valence-corrected chi connectivity index (χ2v) is 5.15. The number of hydrogen-bond acceptors (Lipinski definition) is 3. The van der Waals surface area contributed by atoms with Crippen LogP contribution in [0.15, 0.2) is 24.3 Å². The van der Waals surface area contributed by atoms with Gasteiger partial charge in [0.2, 0.25) is 5.91 Å². The molecule has 0 unspecified atom stereocenters. The van der Waals surface area contributed by atoms with Crippen molar-refractivity contribution < 1.29 is 23.1 Å². The molecule has 2 rings (SSSR count). The molecule has 2 N–H and O–H groups in total. The van der Waals surface area contributed by atoms with Crippen molar-refractivity contribution in [2.45, 2.75) is 25.1 Å². The van der Waals surface area contributed by atoms with E-state index < -0.39 is 17.8 Å². The molecule has 1 amide bonds. The van der Waals surface area contributed by atoms with Crippen molar-refractivity contribution in [2.75, 3.05) is 25.0 Å². The standard InChI is InChI=1S/C14H17F3N2O2/c15-14(16,17)10-3-5-11(6-4-10)18-13(21)9-19-7-1-2-12(20)8-19/h3-6,12,20H,1-2,7-9H2,(H,18,21)/t12-/m0/s1. The van der Waals surface area contributed by atoms with Crippen LogP contribution in [0, 0.1) is 0 Å². The maximum absolute atomic E-state index is 12.4. The van der Waals surface area contributed by atoms with Crippen LogP contribution >= 0.6 is 0 Å². The van der Waals surface area contributed by atoms with Gasteiger partial charge in [0, 0.05) is 12.2 Å². The van der Waals surface area contributed by atoms with Crippen LogP contribution in [-0.2, 0) is 11.0 Å². The van der Waals surface area contributed by atoms with Crippen LogP contribution in [-0.4, -0.2) is 41.7 Å². The molecule has 0 saturated carbocycles. The van der Waals surface area contributed by atoms with E-state index in [4.69, 9.17) is 0 Å². The van der Waals surface area contributed by atoms with E-state index in [0.717, 1.165) is 31.5 Å². The third-order valence-corrected chi connectivity index (χ3v) is 3.34. The molecule has 1 aliphatic heterocycles. The van der Waals surface area contributed by atoms with Crippen LogP contribution in [0.2, 0.25) is 0 Å². The molecule has 0 bridgehead atoms. The first-order valence-corrected chi connectivity index (χ1v) is 6.72. The number of carbonyl (C=O) groups is 1. The van der Waals surface area contributed by atoms with Gasteiger partial charge in [0.1, 0.15) is 0 Å². The van der Waals surface area contributed by atoms with E-state index in [-0.39, 0.29) is 12.5 Å². The molecule has 1 saturated heterocycles. The zero-order valence-corrected chi connectivity index (χ0v) is 11.4. The fourth-order valence-corrected chi connectivity index (χ4v) is 2.32. The molecule has 116 valence electrons. The first-order valence-electron chi connectivity index (χ1n) is 6.72. The van der Waals surface area contributed by atoms with Gasteiger partial charge in [-0.3, -0.25) is 9.69 Å². The van der Waals surface area contributed by atoms with Crippen molar-refractivity contribution >= 4 is 11.6 Å². The molecule has 1 aromatic carbocycles. The maximum Gasteiger partial charge on any atom is 0.416 e. The predicted molar refractivity (Wildman–Crippen MR) is 71.8 cm³/mol. The number of anilines is 1. The lowest BCUT2D eigenvalue weighted by atomic mass is 10.1. The minimum Gasteiger partial charge on any atom is -0.392 e. The van der Waals surface area contributed by atoms with Crippen LogP contribution in [0.25, 0.3) is 0 Å². The number of alkyl halides is 3. The first-order chi connectivity index (χ1) is 9.84. The van der Waals surface area contributed by atoms with E-state index in [1.165, 1.54) is 12.1 Å². The summed E-state index contributed by atoms with van der Waals surface area (Å²) in [6, 6.07) is 4.32. The number of aliphatic hydroxyl groups excluding tert-OH is 1. The molecule has 4 nitrogen and oxygen atoms in total. The minimum atomic E-state index is -4.38. The Morgan fingerprint density at radius 1 is 1.33 bits per heavy atom. The SMILES string of the molecule is O=C(CN1CCC[C@H](O)C1)Nc1ccc(C(F)(F)F)cc1. The van der Waals surface area contributed by atoms with E-state index in [9.17, 15) is 23.1 Å². The Bertz CT molecular complexity index is 488. The Morgan fingerprint density at radius 2 is 2.00 bits per heavy atom. The quantitative estimate of drug-likeness (QED) is 0.899. The van der Waals surface area contributed by atoms with Gasteiger partial charge in [0.05, 0.1) is 18.2 Å². The molecule has 21 heavy (non-hydrogen) atoms. The van der Waals surface area contributed by atoms with Crippen molar-refractivity contribution in [3.8, 4) is 0 Å². The van der Waals surface area contributed by atoms with E-state index in [1.54, 1.807) is 0 Å². The average molecular weight is 302 g/mol. The number of nitrogens with zero attached hydrogens (tertiary/aromatic N) is 1. The summed E-state index contributed by atoms with van der Waals surface area (Å²) in [6.07, 6.45) is -3.24. The number of β-amino-alcohol motifs (C(OH)–C–C–N with tert-alkyl or cyclic N) is 1. The normalized spacial score (nSPS) is 20.3. The van der Waals surface area contributed by atoms with Crippen molar-refractivity contribution in [1.29, 1.82) is 0 Å². The number of aliphatic hydroxyl groups is 1. The van der Waals surface area contributed by atoms with Crippen LogP contribution in [0.5, 0.6) is 0 Å². The highest BCUT2D eigenvalue weighted by Gasteiger charge is 2.30. The van der Waals surface area contributed by atoms with Crippen molar-refractivity contribution in [2.24, 2.45) is 0 Å². The zero-order chi connectivity index (χ0) is 15.5. The lowest BCUT2D eigenvalue weighted by Gasteiger charge is -2.29. The number of nitrogens with one attached hydrogen (secondary N) is 1. The van der Waals surface area contributed by atoms with E-state index in [0.29, 0.717) is 12.2 Å². The topological polar surface area (TPSA) is 52.6 Å². The number of amides is 1. The molecule has 1 aliphatic rings. The molecule has 0 aromatic heterocycles. The number of rotatable bonds is 3. The Hall–Kier alpha value is -1.60. The van der Waals surface area contributed by atoms with Crippen LogP contribution < -0.4 is 5.32 Å². The van der Waals surface area contributed by atoms with Gasteiger partial charge in [-0.2, -0.15) is 13.2 Å². The summed E-state index contributed by atoms with van der Waals surface area (Å²) in [6.45, 7) is 1.30. The molecule has 0 spiro atoms. The third kappa shape index (κ3) is 4.71. The second kappa shape index (κ2) is 6.44. The van der Waals surface area contributed by atoms with Gasteiger partial charge in [0.15, 0.2) is 0 Å². The Morgan fingerprint density at radius 3 is 2.57 bits per heavy atom. The molecular weight excluding hydrogens is 285 g/mol. The van der Waals surface area contributed by atoms with Crippen LogP contribution in [0.3, 0.4) is 0 Å². The summed E-state index contributed by atoms with van der Waals surface area (Å²) in [5.41, 5.74) is -0.426. The number of benzene rings is 1. The number of likely N-dealkylation sites (tertiary alicyclic amines) is 1. The van der Waals surface area contributed by atoms with Gasteiger partial charge in [-0.05, 0) is 43.7 Å². The Kier molecular flexibility index (Phi) is 4.84. The van der Waals surface area contributed by atoms with Gasteiger partial charge in [-0.1, -0.05) is 0 Å². The highest BCUT2D eigenvalue weighted by molar-refractivity contribution is 5.92. The summed E-state index contributed by atoms with van der Waals surface area (Å²) in [4.78, 5) is 13.6. The monoisotopic (exact) mass is 302 g/mol. The van der Waals surface area contributed by atoms with E-state index >= 15 is 0 Å². The molecule has 7 heteroatoms. The molecule has 1 aromatic rings. The number of halogens is 3.